The third-order valence-corrected chi connectivity index (χ3v) is 12.6. The average molecular weight is 539 g/mol. The highest BCUT2D eigenvalue weighted by Crippen LogP contribution is 2.68. The van der Waals surface area contributed by atoms with Crippen molar-refractivity contribution in [2.24, 2.45) is 52.3 Å². The van der Waals surface area contributed by atoms with Gasteiger partial charge in [0, 0.05) is 18.4 Å². The second kappa shape index (κ2) is 11.3. The number of fused-ring (bicyclic) bond motifs is 5. The molecule has 2 N–H and O–H groups in total. The van der Waals surface area contributed by atoms with E-state index in [0.29, 0.717) is 59.8 Å². The molecule has 1 aromatic rings. The molecule has 0 heterocycles. The first kappa shape index (κ1) is 28.8. The van der Waals surface area contributed by atoms with Gasteiger partial charge in [-0.3, -0.25) is 9.59 Å². The van der Waals surface area contributed by atoms with E-state index in [1.807, 2.05) is 24.3 Å². The lowest BCUT2D eigenvalue weighted by Gasteiger charge is -2.62. The molecule has 0 radical (unpaired) electrons. The van der Waals surface area contributed by atoms with Crippen LogP contribution in [0.3, 0.4) is 0 Å². The molecule has 4 aliphatic carbocycles. The summed E-state index contributed by atoms with van der Waals surface area (Å²) in [7, 11) is 1.46. The van der Waals surface area contributed by atoms with Crippen molar-refractivity contribution >= 4 is 11.8 Å². The fourth-order valence-corrected chi connectivity index (χ4v) is 10.4. The van der Waals surface area contributed by atoms with Crippen LogP contribution in [0, 0.1) is 52.3 Å². The van der Waals surface area contributed by atoms with Crippen LogP contribution in [0.4, 0.5) is 0 Å². The van der Waals surface area contributed by atoms with Crippen molar-refractivity contribution in [2.45, 2.75) is 104 Å². The van der Waals surface area contributed by atoms with Crippen molar-refractivity contribution in [2.75, 3.05) is 7.11 Å². The lowest BCUT2D eigenvalue weighted by molar-refractivity contribution is -0.171. The molecule has 5 heteroatoms. The summed E-state index contributed by atoms with van der Waals surface area (Å²) in [4.78, 5) is 25.0. The summed E-state index contributed by atoms with van der Waals surface area (Å²) >= 11 is 0. The molecule has 4 aliphatic rings. The Hall–Kier alpha value is -1.72. The number of hydrogen-bond donors (Lipinski definition) is 2. The summed E-state index contributed by atoms with van der Waals surface area (Å²) < 4.78 is 4.89. The number of aliphatic hydroxyl groups is 2. The molecule has 4 saturated carbocycles. The molecule has 0 spiro atoms. The van der Waals surface area contributed by atoms with Gasteiger partial charge in [-0.05, 0) is 116 Å². The zero-order chi connectivity index (χ0) is 27.9. The molecular formula is C34H50O5. The number of rotatable bonds is 8. The Bertz CT molecular complexity index is 1050. The molecule has 10 atom stereocenters. The molecule has 0 aliphatic heterocycles. The van der Waals surface area contributed by atoms with E-state index in [4.69, 9.17) is 4.74 Å². The Morgan fingerprint density at radius 1 is 1.05 bits per heavy atom. The van der Waals surface area contributed by atoms with Gasteiger partial charge in [0.05, 0.1) is 19.8 Å². The van der Waals surface area contributed by atoms with Crippen LogP contribution in [0.15, 0.2) is 24.3 Å². The summed E-state index contributed by atoms with van der Waals surface area (Å²) in [5.41, 5.74) is 1.59. The molecule has 5 nitrogen and oxygen atoms in total. The van der Waals surface area contributed by atoms with Gasteiger partial charge in [-0.25, -0.2) is 0 Å². The van der Waals surface area contributed by atoms with Crippen molar-refractivity contribution < 1.29 is 24.5 Å². The van der Waals surface area contributed by atoms with Gasteiger partial charge in [0.15, 0.2) is 5.78 Å². The van der Waals surface area contributed by atoms with Crippen molar-refractivity contribution in [3.05, 3.63) is 35.4 Å². The predicted molar refractivity (Wildman–Crippen MR) is 152 cm³/mol. The molecule has 1 aromatic carbocycles. The van der Waals surface area contributed by atoms with Gasteiger partial charge in [0.1, 0.15) is 0 Å². The van der Waals surface area contributed by atoms with Gasteiger partial charge in [-0.15, -0.1) is 0 Å². The highest BCUT2D eigenvalue weighted by Gasteiger charge is 2.63. The fraction of sp³-hybridized carbons (Fsp3) is 0.765. The minimum atomic E-state index is -0.290. The van der Waals surface area contributed by atoms with Crippen LogP contribution in [0.5, 0.6) is 0 Å². The fourth-order valence-electron chi connectivity index (χ4n) is 10.4. The van der Waals surface area contributed by atoms with Gasteiger partial charge in [0.25, 0.3) is 0 Å². The van der Waals surface area contributed by atoms with Crippen molar-refractivity contribution in [3.63, 3.8) is 0 Å². The van der Waals surface area contributed by atoms with E-state index in [1.165, 1.54) is 26.4 Å². The highest BCUT2D eigenvalue weighted by atomic mass is 16.5. The normalized spacial score (nSPS) is 40.2. The van der Waals surface area contributed by atoms with E-state index in [9.17, 15) is 19.8 Å². The van der Waals surface area contributed by atoms with Gasteiger partial charge in [-0.1, -0.05) is 45.0 Å². The number of hydrogen-bond acceptors (Lipinski definition) is 5. The van der Waals surface area contributed by atoms with Gasteiger partial charge in [-0.2, -0.15) is 0 Å². The molecule has 216 valence electrons. The Morgan fingerprint density at radius 2 is 1.82 bits per heavy atom. The van der Waals surface area contributed by atoms with Crippen LogP contribution in [0.2, 0.25) is 0 Å². The van der Waals surface area contributed by atoms with Crippen LogP contribution in [-0.4, -0.2) is 35.2 Å². The van der Waals surface area contributed by atoms with Crippen molar-refractivity contribution in [3.8, 4) is 0 Å². The maximum absolute atomic E-state index is 13.2. The van der Waals surface area contributed by atoms with Crippen LogP contribution < -0.4 is 0 Å². The number of methoxy groups -OCH3 is 1. The maximum atomic E-state index is 13.2. The van der Waals surface area contributed by atoms with E-state index in [0.717, 1.165) is 44.1 Å². The second-order valence-electron chi connectivity index (χ2n) is 14.1. The molecule has 0 amide bonds. The molecular weight excluding hydrogens is 488 g/mol. The zero-order valence-electron chi connectivity index (χ0n) is 24.5. The summed E-state index contributed by atoms with van der Waals surface area (Å²) in [5, 5.41) is 21.5. The first-order valence-corrected chi connectivity index (χ1v) is 15.6. The molecule has 5 rings (SSSR count). The Morgan fingerprint density at radius 3 is 2.56 bits per heavy atom. The van der Waals surface area contributed by atoms with Crippen LogP contribution >= 0.6 is 0 Å². The molecule has 39 heavy (non-hydrogen) atoms. The minimum absolute atomic E-state index is 0.0659. The standard InChI is InChI=1S/C34H50O5/c1-21(9-14-32(38)39-4)27-12-13-28-26-11-10-24-17-22(18-30(36)25-8-6-5-7-23(25)20-35)15-16-33(24,2)29(26)19-31(37)34(27,28)3/h5-8,21-22,24,26-29,31,35,37H,9-20H2,1-4H3/t21?,22-,24?,26?,27+,28?,29?,31?,33-,34+/m0/s1. The third kappa shape index (κ3) is 5.01. The van der Waals surface area contributed by atoms with Gasteiger partial charge >= 0.3 is 5.97 Å². The van der Waals surface area contributed by atoms with Crippen LogP contribution in [0.1, 0.15) is 107 Å². The maximum Gasteiger partial charge on any atom is 0.305 e. The largest absolute Gasteiger partial charge is 0.469 e. The Kier molecular flexibility index (Phi) is 8.33. The molecule has 6 unspecified atom stereocenters. The van der Waals surface area contributed by atoms with Crippen LogP contribution in [0.25, 0.3) is 0 Å². The number of carbonyl (C=O) groups is 2. The smallest absolute Gasteiger partial charge is 0.305 e. The van der Waals surface area contributed by atoms with E-state index in [2.05, 4.69) is 20.8 Å². The summed E-state index contributed by atoms with van der Waals surface area (Å²) in [6, 6.07) is 7.48. The topological polar surface area (TPSA) is 83.8 Å². The molecule has 0 bridgehead atoms. The SMILES string of the molecule is COC(=O)CCC(C)[C@H]1CCC2C3CCC4C[C@@H](CC(=O)c5ccccc5CO)CC[C@]4(C)C3CC(O)[C@@]21C. The van der Waals surface area contributed by atoms with Gasteiger partial charge in [0.2, 0.25) is 0 Å². The lowest BCUT2D eigenvalue weighted by atomic mass is 9.43. The Balaban J connectivity index is 1.26. The number of benzene rings is 1. The van der Waals surface area contributed by atoms with E-state index >= 15 is 0 Å². The first-order valence-electron chi connectivity index (χ1n) is 15.6. The lowest BCUT2D eigenvalue weighted by Crippen LogP contribution is -2.58. The summed E-state index contributed by atoms with van der Waals surface area (Å²) in [6.07, 6.45) is 10.7. The highest BCUT2D eigenvalue weighted by molar-refractivity contribution is 5.97. The molecule has 0 aromatic heterocycles. The molecule has 0 saturated heterocycles. The number of ether oxygens (including phenoxy) is 1. The quantitative estimate of drug-likeness (QED) is 0.288. The van der Waals surface area contributed by atoms with Crippen LogP contribution in [-0.2, 0) is 16.1 Å². The number of aliphatic hydroxyl groups excluding tert-OH is 2. The summed E-state index contributed by atoms with van der Waals surface area (Å²) in [6.45, 7) is 7.06. The number of esters is 1. The second-order valence-corrected chi connectivity index (χ2v) is 14.1. The average Bonchev–Trinajstić information content (AvgIpc) is 3.31. The number of ketones is 1. The monoisotopic (exact) mass is 538 g/mol. The summed E-state index contributed by atoms with van der Waals surface area (Å²) in [5.74, 6) is 3.71. The number of Topliss-reactive ketones (excluding diaryl/α,β-unsaturated/α-hetero) is 1. The van der Waals surface area contributed by atoms with E-state index in [1.54, 1.807) is 0 Å². The number of carbonyl (C=O) groups excluding carboxylic acids is 2. The van der Waals surface area contributed by atoms with E-state index < -0.39 is 0 Å². The zero-order valence-corrected chi connectivity index (χ0v) is 24.5. The predicted octanol–water partition coefficient (Wildman–Crippen LogP) is 6.59. The van der Waals surface area contributed by atoms with Crippen molar-refractivity contribution in [1.82, 2.24) is 0 Å². The first-order chi connectivity index (χ1) is 18.6. The van der Waals surface area contributed by atoms with E-state index in [-0.39, 0.29) is 35.3 Å². The van der Waals surface area contributed by atoms with Crippen molar-refractivity contribution in [1.29, 1.82) is 0 Å². The minimum Gasteiger partial charge on any atom is -0.469 e. The Labute approximate surface area is 235 Å². The molecule has 4 fully saturated rings. The third-order valence-electron chi connectivity index (χ3n) is 12.6. The van der Waals surface area contributed by atoms with Gasteiger partial charge < -0.3 is 14.9 Å².